The van der Waals surface area contributed by atoms with Crippen LogP contribution in [0.25, 0.3) is 0 Å². The standard InChI is InChI=1S/C13H21F4NO4SSi/c1-24(2,3)7-6-21-10-18-9-11(8-12(18)22-5-4-14)23(19,20)13(15,16)17/h8-9H,4-7,10H2,1-3H3. The predicted octanol–water partition coefficient (Wildman–Crippen LogP) is 3.44. The van der Waals surface area contributed by atoms with E-state index in [1.807, 2.05) is 0 Å². The van der Waals surface area contributed by atoms with Crippen LogP contribution in [0.2, 0.25) is 25.7 Å². The Morgan fingerprint density at radius 1 is 1.21 bits per heavy atom. The second kappa shape index (κ2) is 7.87. The van der Waals surface area contributed by atoms with Gasteiger partial charge in [-0.1, -0.05) is 19.6 Å². The predicted molar refractivity (Wildman–Crippen MR) is 83.2 cm³/mol. The van der Waals surface area contributed by atoms with Gasteiger partial charge in [-0.05, 0) is 6.04 Å². The number of sulfone groups is 1. The number of halogens is 4. The quantitative estimate of drug-likeness (QED) is 0.368. The van der Waals surface area contributed by atoms with Gasteiger partial charge in [0.1, 0.15) is 20.0 Å². The van der Waals surface area contributed by atoms with Crippen molar-refractivity contribution in [3.63, 3.8) is 0 Å². The van der Waals surface area contributed by atoms with E-state index in [1.54, 1.807) is 0 Å². The molecule has 0 bridgehead atoms. The summed E-state index contributed by atoms with van der Waals surface area (Å²) in [7, 11) is -6.84. The van der Waals surface area contributed by atoms with Gasteiger partial charge in [0.2, 0.25) is 0 Å². The molecule has 0 aliphatic rings. The van der Waals surface area contributed by atoms with Crippen molar-refractivity contribution in [2.45, 2.75) is 42.8 Å². The zero-order valence-corrected chi connectivity index (χ0v) is 15.5. The summed E-state index contributed by atoms with van der Waals surface area (Å²) in [4.78, 5) is -0.961. The normalized spacial score (nSPS) is 13.3. The van der Waals surface area contributed by atoms with Crippen LogP contribution in [0.3, 0.4) is 0 Å². The minimum atomic E-state index is -5.50. The molecule has 140 valence electrons. The molecule has 0 atom stereocenters. The molecule has 0 saturated heterocycles. The number of ether oxygens (including phenoxy) is 2. The number of aromatic nitrogens is 1. The molecule has 1 aromatic rings. The van der Waals surface area contributed by atoms with Crippen LogP contribution in [0.1, 0.15) is 0 Å². The zero-order chi connectivity index (χ0) is 18.6. The average molecular weight is 391 g/mol. The third-order valence-electron chi connectivity index (χ3n) is 3.00. The highest BCUT2D eigenvalue weighted by atomic mass is 32.2. The first kappa shape index (κ1) is 21.0. The molecule has 0 spiro atoms. The summed E-state index contributed by atoms with van der Waals surface area (Å²) in [5.74, 6) is -0.191. The molecule has 1 heterocycles. The molecule has 0 aliphatic heterocycles. The number of nitrogens with zero attached hydrogens (tertiary/aromatic N) is 1. The van der Waals surface area contributed by atoms with E-state index in [4.69, 9.17) is 9.47 Å². The highest BCUT2D eigenvalue weighted by Crippen LogP contribution is 2.33. The molecule has 0 radical (unpaired) electrons. The minimum Gasteiger partial charge on any atom is -0.476 e. The Labute approximate surface area is 139 Å². The van der Waals surface area contributed by atoms with Crippen LogP contribution in [-0.2, 0) is 21.3 Å². The van der Waals surface area contributed by atoms with Gasteiger partial charge in [0.25, 0.3) is 9.84 Å². The van der Waals surface area contributed by atoms with Gasteiger partial charge in [-0.2, -0.15) is 13.2 Å². The van der Waals surface area contributed by atoms with Crippen molar-refractivity contribution >= 4 is 17.9 Å². The first-order valence-electron chi connectivity index (χ1n) is 7.16. The lowest BCUT2D eigenvalue weighted by atomic mass is 10.6. The lowest BCUT2D eigenvalue weighted by molar-refractivity contribution is -0.0436. The van der Waals surface area contributed by atoms with Gasteiger partial charge < -0.3 is 9.47 Å². The van der Waals surface area contributed by atoms with Crippen molar-refractivity contribution in [3.8, 4) is 5.88 Å². The first-order valence-corrected chi connectivity index (χ1v) is 12.4. The van der Waals surface area contributed by atoms with Gasteiger partial charge >= 0.3 is 5.51 Å². The van der Waals surface area contributed by atoms with E-state index in [0.717, 1.165) is 22.9 Å². The minimum absolute atomic E-state index is 0.181. The third-order valence-corrected chi connectivity index (χ3v) is 6.16. The van der Waals surface area contributed by atoms with E-state index in [9.17, 15) is 26.0 Å². The maximum atomic E-state index is 12.6. The van der Waals surface area contributed by atoms with Crippen molar-refractivity contribution in [2.75, 3.05) is 19.9 Å². The molecule has 1 aromatic heterocycles. The molecular weight excluding hydrogens is 370 g/mol. The molecule has 0 unspecified atom stereocenters. The van der Waals surface area contributed by atoms with Gasteiger partial charge in [-0.15, -0.1) is 0 Å². The maximum Gasteiger partial charge on any atom is 0.501 e. The Bertz CT molecular complexity index is 637. The number of hydrogen-bond donors (Lipinski definition) is 0. The van der Waals surface area contributed by atoms with E-state index in [2.05, 4.69) is 19.6 Å². The summed E-state index contributed by atoms with van der Waals surface area (Å²) in [5, 5.41) is 0. The van der Waals surface area contributed by atoms with Crippen molar-refractivity contribution < 1.29 is 35.5 Å². The van der Waals surface area contributed by atoms with Crippen molar-refractivity contribution in [2.24, 2.45) is 0 Å². The van der Waals surface area contributed by atoms with Gasteiger partial charge in [-0.25, -0.2) is 12.8 Å². The molecule has 0 amide bonds. The van der Waals surface area contributed by atoms with Crippen LogP contribution in [0.5, 0.6) is 5.88 Å². The first-order chi connectivity index (χ1) is 10.9. The second-order valence-corrected chi connectivity index (χ2v) is 13.9. The van der Waals surface area contributed by atoms with E-state index < -0.39 is 41.6 Å². The fourth-order valence-corrected chi connectivity index (χ4v) is 3.20. The Morgan fingerprint density at radius 2 is 1.83 bits per heavy atom. The zero-order valence-electron chi connectivity index (χ0n) is 13.7. The summed E-state index contributed by atoms with van der Waals surface area (Å²) in [5.41, 5.74) is -5.42. The van der Waals surface area contributed by atoms with Gasteiger partial charge in [0.15, 0.2) is 5.88 Å². The smallest absolute Gasteiger partial charge is 0.476 e. The van der Waals surface area contributed by atoms with Crippen LogP contribution in [0, 0.1) is 0 Å². The van der Waals surface area contributed by atoms with E-state index in [1.165, 1.54) is 0 Å². The summed E-state index contributed by atoms with van der Waals surface area (Å²) in [6, 6.07) is 1.56. The Hall–Kier alpha value is -1.07. The molecule has 0 aromatic carbocycles. The van der Waals surface area contributed by atoms with E-state index in [-0.39, 0.29) is 12.6 Å². The fraction of sp³-hybridized carbons (Fsp3) is 0.692. The molecule has 11 heteroatoms. The number of rotatable bonds is 9. The van der Waals surface area contributed by atoms with Crippen molar-refractivity contribution in [1.82, 2.24) is 4.57 Å². The van der Waals surface area contributed by atoms with E-state index >= 15 is 0 Å². The SMILES string of the molecule is C[Si](C)(C)CCOCn1cc(S(=O)(=O)C(F)(F)F)cc1OCCF. The number of hydrogen-bond acceptors (Lipinski definition) is 4. The Kier molecular flexibility index (Phi) is 6.88. The highest BCUT2D eigenvalue weighted by molar-refractivity contribution is 7.92. The summed E-state index contributed by atoms with van der Waals surface area (Å²) in [6.45, 7) is 5.35. The monoisotopic (exact) mass is 391 g/mol. The molecule has 0 fully saturated rings. The van der Waals surface area contributed by atoms with Crippen molar-refractivity contribution in [3.05, 3.63) is 12.3 Å². The summed E-state index contributed by atoms with van der Waals surface area (Å²) < 4.78 is 84.4. The maximum absolute atomic E-state index is 12.6. The van der Waals surface area contributed by atoms with Gasteiger partial charge in [0.05, 0.1) is 4.90 Å². The second-order valence-electron chi connectivity index (χ2n) is 6.32. The molecule has 0 aliphatic carbocycles. The van der Waals surface area contributed by atoms with Gasteiger partial charge in [-0.3, -0.25) is 4.57 Å². The largest absolute Gasteiger partial charge is 0.501 e. The highest BCUT2D eigenvalue weighted by Gasteiger charge is 2.47. The molecule has 0 saturated carbocycles. The Balaban J connectivity index is 2.93. The molecule has 5 nitrogen and oxygen atoms in total. The Morgan fingerprint density at radius 3 is 2.33 bits per heavy atom. The topological polar surface area (TPSA) is 57.5 Å². The van der Waals surface area contributed by atoms with Crippen LogP contribution < -0.4 is 4.74 Å². The third kappa shape index (κ3) is 5.78. The average Bonchev–Trinajstić information content (AvgIpc) is 2.83. The summed E-state index contributed by atoms with van der Waals surface area (Å²) in [6.07, 6.45) is 0.783. The van der Waals surface area contributed by atoms with E-state index in [0.29, 0.717) is 6.61 Å². The molecule has 0 N–H and O–H groups in total. The van der Waals surface area contributed by atoms with Crippen molar-refractivity contribution in [1.29, 1.82) is 0 Å². The van der Waals surface area contributed by atoms with Crippen LogP contribution >= 0.6 is 0 Å². The fourth-order valence-electron chi connectivity index (χ4n) is 1.65. The van der Waals surface area contributed by atoms with Crippen LogP contribution in [0.15, 0.2) is 17.2 Å². The lowest BCUT2D eigenvalue weighted by Gasteiger charge is -2.16. The molecule has 1 rings (SSSR count). The van der Waals surface area contributed by atoms with Crippen LogP contribution in [0.4, 0.5) is 17.6 Å². The van der Waals surface area contributed by atoms with Gasteiger partial charge in [0, 0.05) is 26.9 Å². The molecular formula is C13H21F4NO4SSi. The van der Waals surface area contributed by atoms with Crippen LogP contribution in [-0.4, -0.2) is 46.5 Å². The lowest BCUT2D eigenvalue weighted by Crippen LogP contribution is -2.23. The molecule has 24 heavy (non-hydrogen) atoms. The number of alkyl halides is 4. The summed E-state index contributed by atoms with van der Waals surface area (Å²) >= 11 is 0.